The highest BCUT2D eigenvalue weighted by atomic mass is 32.1. The van der Waals surface area contributed by atoms with Crippen molar-refractivity contribution in [3.63, 3.8) is 0 Å². The third-order valence-corrected chi connectivity index (χ3v) is 3.38. The van der Waals surface area contributed by atoms with Gasteiger partial charge in [0.1, 0.15) is 0 Å². The third-order valence-electron chi connectivity index (χ3n) is 3.06. The van der Waals surface area contributed by atoms with Crippen LogP contribution in [0.3, 0.4) is 0 Å². The predicted octanol–water partition coefficient (Wildman–Crippen LogP) is 4.39. The first-order valence-corrected chi connectivity index (χ1v) is 6.34. The van der Waals surface area contributed by atoms with Crippen molar-refractivity contribution in [1.29, 1.82) is 0 Å². The van der Waals surface area contributed by atoms with Crippen molar-refractivity contribution in [3.05, 3.63) is 23.3 Å². The van der Waals surface area contributed by atoms with Gasteiger partial charge in [-0.2, -0.15) is 12.6 Å². The summed E-state index contributed by atoms with van der Waals surface area (Å²) in [5.41, 5.74) is 3.17. The Kier molecular flexibility index (Phi) is 5.39. The van der Waals surface area contributed by atoms with Gasteiger partial charge in [0.2, 0.25) is 0 Å². The van der Waals surface area contributed by atoms with Crippen LogP contribution in [0.5, 0.6) is 0 Å². The molecule has 0 aromatic rings. The molecular weight excluding hydrogens is 188 g/mol. The van der Waals surface area contributed by atoms with Gasteiger partial charge in [-0.1, -0.05) is 30.2 Å². The third kappa shape index (κ3) is 3.91. The van der Waals surface area contributed by atoms with Crippen LogP contribution in [0.1, 0.15) is 46.0 Å². The van der Waals surface area contributed by atoms with Crippen molar-refractivity contribution in [2.24, 2.45) is 5.92 Å². The monoisotopic (exact) mass is 210 g/mol. The van der Waals surface area contributed by atoms with Gasteiger partial charge in [0, 0.05) is 0 Å². The van der Waals surface area contributed by atoms with Gasteiger partial charge >= 0.3 is 0 Å². The number of allylic oxidation sites excluding steroid dienone is 4. The minimum Gasteiger partial charge on any atom is -0.179 e. The Bertz CT molecular complexity index is 225. The van der Waals surface area contributed by atoms with Crippen LogP contribution in [0.4, 0.5) is 0 Å². The van der Waals surface area contributed by atoms with Gasteiger partial charge < -0.3 is 0 Å². The summed E-state index contributed by atoms with van der Waals surface area (Å²) < 4.78 is 0. The van der Waals surface area contributed by atoms with Crippen LogP contribution >= 0.6 is 12.6 Å². The quantitative estimate of drug-likeness (QED) is 0.516. The molecule has 0 aromatic carbocycles. The van der Waals surface area contributed by atoms with E-state index in [9.17, 15) is 0 Å². The van der Waals surface area contributed by atoms with E-state index in [-0.39, 0.29) is 0 Å². The number of hydrogen-bond acceptors (Lipinski definition) is 1. The molecule has 0 N–H and O–H groups in total. The lowest BCUT2D eigenvalue weighted by Crippen LogP contribution is -1.98. The van der Waals surface area contributed by atoms with Crippen LogP contribution in [0.15, 0.2) is 23.3 Å². The van der Waals surface area contributed by atoms with E-state index in [1.165, 1.54) is 37.7 Å². The van der Waals surface area contributed by atoms with Gasteiger partial charge in [-0.05, 0) is 50.7 Å². The standard InChI is InChI=1S/C13H22S/c1-11-6-8-12(2)13(9-7-11)5-3-4-10-14/h7,9,12,14H,3-6,8,10H2,1-2H3. The molecule has 0 nitrogen and oxygen atoms in total. The smallest absolute Gasteiger partial charge is 0.00978 e. The minimum atomic E-state index is 0.781. The number of thiol groups is 1. The lowest BCUT2D eigenvalue weighted by Gasteiger charge is -2.13. The van der Waals surface area contributed by atoms with Crippen LogP contribution in [0.25, 0.3) is 0 Å². The fourth-order valence-electron chi connectivity index (χ4n) is 1.90. The van der Waals surface area contributed by atoms with Crippen molar-refractivity contribution in [1.82, 2.24) is 0 Å². The van der Waals surface area contributed by atoms with Gasteiger partial charge in [0.15, 0.2) is 0 Å². The molecule has 0 radical (unpaired) electrons. The maximum atomic E-state index is 4.25. The normalized spacial score (nSPS) is 22.6. The van der Waals surface area contributed by atoms with E-state index in [0.29, 0.717) is 0 Å². The predicted molar refractivity (Wildman–Crippen MR) is 67.9 cm³/mol. The van der Waals surface area contributed by atoms with Crippen LogP contribution in [0.2, 0.25) is 0 Å². The fourth-order valence-corrected chi connectivity index (χ4v) is 2.12. The molecule has 1 aliphatic carbocycles. The van der Waals surface area contributed by atoms with Gasteiger partial charge in [0.25, 0.3) is 0 Å². The Morgan fingerprint density at radius 3 is 2.86 bits per heavy atom. The van der Waals surface area contributed by atoms with Gasteiger partial charge in [0.05, 0.1) is 0 Å². The molecule has 80 valence electrons. The fraction of sp³-hybridized carbons (Fsp3) is 0.692. The molecule has 0 spiro atoms. The molecule has 1 unspecified atom stereocenters. The molecule has 0 aliphatic heterocycles. The Hall–Kier alpha value is -0.170. The molecule has 0 saturated heterocycles. The van der Waals surface area contributed by atoms with E-state index in [4.69, 9.17) is 0 Å². The number of rotatable bonds is 4. The highest BCUT2D eigenvalue weighted by Gasteiger charge is 2.10. The van der Waals surface area contributed by atoms with Crippen LogP contribution in [0, 0.1) is 5.92 Å². The maximum Gasteiger partial charge on any atom is -0.00978 e. The van der Waals surface area contributed by atoms with Crippen LogP contribution in [-0.4, -0.2) is 5.75 Å². The SMILES string of the molecule is CC1=CC=C(CCCCS)C(C)CC1. The van der Waals surface area contributed by atoms with E-state index >= 15 is 0 Å². The minimum absolute atomic E-state index is 0.781. The zero-order chi connectivity index (χ0) is 10.4. The van der Waals surface area contributed by atoms with Gasteiger partial charge in [-0.25, -0.2) is 0 Å². The molecule has 0 amide bonds. The van der Waals surface area contributed by atoms with Crippen molar-refractivity contribution in [2.45, 2.75) is 46.0 Å². The zero-order valence-corrected chi connectivity index (χ0v) is 10.3. The molecular formula is C13H22S. The first-order chi connectivity index (χ1) is 6.74. The highest BCUT2D eigenvalue weighted by Crippen LogP contribution is 2.26. The summed E-state index contributed by atoms with van der Waals surface area (Å²) in [6.45, 7) is 4.60. The van der Waals surface area contributed by atoms with Crippen LogP contribution < -0.4 is 0 Å². The molecule has 0 aromatic heterocycles. The second-order valence-electron chi connectivity index (χ2n) is 4.38. The lowest BCUT2D eigenvalue weighted by atomic mass is 9.93. The Morgan fingerprint density at radius 2 is 2.14 bits per heavy atom. The molecule has 0 bridgehead atoms. The van der Waals surface area contributed by atoms with E-state index in [1.807, 2.05) is 0 Å². The molecule has 1 heteroatoms. The highest BCUT2D eigenvalue weighted by molar-refractivity contribution is 7.80. The maximum absolute atomic E-state index is 4.25. The van der Waals surface area contributed by atoms with E-state index in [2.05, 4.69) is 38.6 Å². The summed E-state index contributed by atoms with van der Waals surface area (Å²) in [7, 11) is 0. The summed E-state index contributed by atoms with van der Waals surface area (Å²) in [4.78, 5) is 0. The first kappa shape index (κ1) is 11.9. The van der Waals surface area contributed by atoms with Crippen molar-refractivity contribution in [2.75, 3.05) is 5.75 Å². The van der Waals surface area contributed by atoms with Gasteiger partial charge in [-0.15, -0.1) is 0 Å². The summed E-state index contributed by atoms with van der Waals surface area (Å²) in [5, 5.41) is 0. The average Bonchev–Trinajstić information content (AvgIpc) is 2.33. The zero-order valence-electron chi connectivity index (χ0n) is 9.42. The molecule has 14 heavy (non-hydrogen) atoms. The number of hydrogen-bond donors (Lipinski definition) is 1. The van der Waals surface area contributed by atoms with Gasteiger partial charge in [-0.3, -0.25) is 0 Å². The second kappa shape index (κ2) is 6.34. The summed E-state index contributed by atoms with van der Waals surface area (Å²) >= 11 is 4.25. The van der Waals surface area contributed by atoms with E-state index < -0.39 is 0 Å². The molecule has 1 atom stereocenters. The Labute approximate surface area is 93.9 Å². The molecule has 0 fully saturated rings. The molecule has 0 heterocycles. The second-order valence-corrected chi connectivity index (χ2v) is 4.82. The average molecular weight is 210 g/mol. The van der Waals surface area contributed by atoms with Crippen LogP contribution in [-0.2, 0) is 0 Å². The summed E-state index contributed by atoms with van der Waals surface area (Å²) in [6.07, 6.45) is 11.1. The lowest BCUT2D eigenvalue weighted by molar-refractivity contribution is 0.581. The summed E-state index contributed by atoms with van der Waals surface area (Å²) in [5.74, 6) is 1.81. The Morgan fingerprint density at radius 1 is 1.36 bits per heavy atom. The summed E-state index contributed by atoms with van der Waals surface area (Å²) in [6, 6.07) is 0. The largest absolute Gasteiger partial charge is 0.179 e. The van der Waals surface area contributed by atoms with Crippen molar-refractivity contribution in [3.8, 4) is 0 Å². The first-order valence-electron chi connectivity index (χ1n) is 5.71. The van der Waals surface area contributed by atoms with Crippen molar-refractivity contribution < 1.29 is 0 Å². The molecule has 1 rings (SSSR count). The Balaban J connectivity index is 2.46. The number of unbranched alkanes of at least 4 members (excludes halogenated alkanes) is 1. The van der Waals surface area contributed by atoms with E-state index in [1.54, 1.807) is 5.57 Å². The van der Waals surface area contributed by atoms with E-state index in [0.717, 1.165) is 11.7 Å². The topological polar surface area (TPSA) is 0 Å². The van der Waals surface area contributed by atoms with Crippen molar-refractivity contribution >= 4 is 12.6 Å². The molecule has 0 saturated carbocycles. The molecule has 1 aliphatic rings.